The Hall–Kier alpha value is -2.57. The number of benzene rings is 1. The zero-order valence-corrected chi connectivity index (χ0v) is 11.3. The van der Waals surface area contributed by atoms with E-state index in [1.54, 1.807) is 38.4 Å². The summed E-state index contributed by atoms with van der Waals surface area (Å²) < 4.78 is 1.37. The fourth-order valence-electron chi connectivity index (χ4n) is 1.88. The SMILES string of the molecule is CN(C)C(=O)NCCn1c(=O)c(=O)[nH]c2ccccc21. The molecule has 0 aliphatic rings. The number of urea groups is 1. The average molecular weight is 276 g/mol. The van der Waals surface area contributed by atoms with E-state index in [-0.39, 0.29) is 19.1 Å². The zero-order chi connectivity index (χ0) is 14.7. The van der Waals surface area contributed by atoms with Gasteiger partial charge in [-0.05, 0) is 12.1 Å². The molecule has 1 heterocycles. The van der Waals surface area contributed by atoms with E-state index in [1.807, 2.05) is 0 Å². The molecule has 0 bridgehead atoms. The predicted molar refractivity (Wildman–Crippen MR) is 75.9 cm³/mol. The van der Waals surface area contributed by atoms with Crippen LogP contribution >= 0.6 is 0 Å². The third-order valence-corrected chi connectivity index (χ3v) is 2.90. The van der Waals surface area contributed by atoms with Crippen LogP contribution < -0.4 is 16.4 Å². The standard InChI is InChI=1S/C13H16N4O3/c1-16(2)13(20)14-7-8-17-10-6-4-3-5-9(10)15-11(18)12(17)19/h3-6H,7-8H2,1-2H3,(H,14,20)(H,15,18). The maximum absolute atomic E-state index is 11.9. The minimum atomic E-state index is -0.664. The Morgan fingerprint density at radius 1 is 1.30 bits per heavy atom. The Bertz CT molecular complexity index is 745. The summed E-state index contributed by atoms with van der Waals surface area (Å²) in [5.41, 5.74) is -0.0577. The summed E-state index contributed by atoms with van der Waals surface area (Å²) in [6, 6.07) is 6.80. The van der Waals surface area contributed by atoms with Gasteiger partial charge in [-0.25, -0.2) is 4.79 Å². The van der Waals surface area contributed by atoms with E-state index in [4.69, 9.17) is 0 Å². The third-order valence-electron chi connectivity index (χ3n) is 2.90. The fourth-order valence-corrected chi connectivity index (χ4v) is 1.88. The molecule has 1 aromatic carbocycles. The lowest BCUT2D eigenvalue weighted by Crippen LogP contribution is -2.41. The van der Waals surface area contributed by atoms with Crippen LogP contribution in [-0.4, -0.2) is 41.1 Å². The number of H-pyrrole nitrogens is 1. The first-order valence-electron chi connectivity index (χ1n) is 6.17. The van der Waals surface area contributed by atoms with Crippen LogP contribution in [0.15, 0.2) is 33.9 Å². The first-order valence-corrected chi connectivity index (χ1v) is 6.17. The second kappa shape index (κ2) is 5.60. The lowest BCUT2D eigenvalue weighted by Gasteiger charge is -2.13. The van der Waals surface area contributed by atoms with Gasteiger partial charge in [0.2, 0.25) is 0 Å². The van der Waals surface area contributed by atoms with Gasteiger partial charge in [0.1, 0.15) is 0 Å². The molecular weight excluding hydrogens is 260 g/mol. The van der Waals surface area contributed by atoms with Gasteiger partial charge in [0.25, 0.3) is 0 Å². The third kappa shape index (κ3) is 2.71. The van der Waals surface area contributed by atoms with Gasteiger partial charge in [0.05, 0.1) is 11.0 Å². The van der Waals surface area contributed by atoms with Gasteiger partial charge in [-0.2, -0.15) is 0 Å². The normalized spacial score (nSPS) is 10.5. The van der Waals surface area contributed by atoms with Crippen molar-refractivity contribution in [2.45, 2.75) is 6.54 Å². The Kier molecular flexibility index (Phi) is 3.88. The summed E-state index contributed by atoms with van der Waals surface area (Å²) in [6.07, 6.45) is 0. The second-order valence-electron chi connectivity index (χ2n) is 4.55. The van der Waals surface area contributed by atoms with Crippen LogP contribution in [-0.2, 0) is 6.54 Å². The number of aromatic amines is 1. The van der Waals surface area contributed by atoms with Crippen molar-refractivity contribution in [2.24, 2.45) is 0 Å². The summed E-state index contributed by atoms with van der Waals surface area (Å²) in [5, 5.41) is 2.66. The average Bonchev–Trinajstić information content (AvgIpc) is 2.42. The van der Waals surface area contributed by atoms with Gasteiger partial charge in [-0.3, -0.25) is 9.59 Å². The highest BCUT2D eigenvalue weighted by Gasteiger charge is 2.08. The van der Waals surface area contributed by atoms with E-state index in [1.165, 1.54) is 9.47 Å². The molecule has 0 aliphatic carbocycles. The van der Waals surface area contributed by atoms with Crippen LogP contribution in [0.5, 0.6) is 0 Å². The van der Waals surface area contributed by atoms with Crippen LogP contribution in [0.2, 0.25) is 0 Å². The molecule has 0 unspecified atom stereocenters. The molecule has 0 spiro atoms. The molecule has 0 saturated heterocycles. The van der Waals surface area contributed by atoms with E-state index in [0.717, 1.165) is 0 Å². The highest BCUT2D eigenvalue weighted by molar-refractivity contribution is 5.74. The molecule has 0 aliphatic heterocycles. The molecule has 0 saturated carbocycles. The Balaban J connectivity index is 2.30. The highest BCUT2D eigenvalue weighted by Crippen LogP contribution is 2.06. The summed E-state index contributed by atoms with van der Waals surface area (Å²) in [7, 11) is 3.26. The molecule has 2 N–H and O–H groups in total. The summed E-state index contributed by atoms with van der Waals surface area (Å²) in [4.78, 5) is 38.8. The molecule has 20 heavy (non-hydrogen) atoms. The predicted octanol–water partition coefficient (Wildman–Crippen LogP) is -0.0390. The van der Waals surface area contributed by atoms with Crippen molar-refractivity contribution >= 4 is 17.1 Å². The number of amides is 2. The van der Waals surface area contributed by atoms with Crippen LogP contribution in [0.1, 0.15) is 0 Å². The zero-order valence-electron chi connectivity index (χ0n) is 11.3. The molecule has 106 valence electrons. The van der Waals surface area contributed by atoms with Gasteiger partial charge in [-0.15, -0.1) is 0 Å². The van der Waals surface area contributed by atoms with Gasteiger partial charge in [-0.1, -0.05) is 12.1 Å². The van der Waals surface area contributed by atoms with Crippen molar-refractivity contribution in [3.8, 4) is 0 Å². The highest BCUT2D eigenvalue weighted by atomic mass is 16.2. The van der Waals surface area contributed by atoms with E-state index in [2.05, 4.69) is 10.3 Å². The van der Waals surface area contributed by atoms with Crippen molar-refractivity contribution in [3.63, 3.8) is 0 Å². The number of nitrogens with one attached hydrogen (secondary N) is 2. The number of nitrogens with zero attached hydrogens (tertiary/aromatic N) is 2. The molecule has 7 heteroatoms. The molecule has 2 rings (SSSR count). The number of aromatic nitrogens is 2. The lowest BCUT2D eigenvalue weighted by molar-refractivity contribution is 0.217. The van der Waals surface area contributed by atoms with E-state index < -0.39 is 11.1 Å². The van der Waals surface area contributed by atoms with E-state index >= 15 is 0 Å². The summed E-state index contributed by atoms with van der Waals surface area (Å²) >= 11 is 0. The number of rotatable bonds is 3. The van der Waals surface area contributed by atoms with Crippen molar-refractivity contribution in [1.82, 2.24) is 19.8 Å². The smallest absolute Gasteiger partial charge is 0.316 e. The van der Waals surface area contributed by atoms with Crippen LogP contribution in [0.3, 0.4) is 0 Å². The molecule has 7 nitrogen and oxygen atoms in total. The topological polar surface area (TPSA) is 87.2 Å². The van der Waals surface area contributed by atoms with Gasteiger partial charge in [0.15, 0.2) is 0 Å². The summed E-state index contributed by atoms with van der Waals surface area (Å²) in [6.45, 7) is 0.507. The summed E-state index contributed by atoms with van der Waals surface area (Å²) in [5.74, 6) is 0. The molecular formula is C13H16N4O3. The first kappa shape index (κ1) is 13.9. The number of carbonyl (C=O) groups excluding carboxylic acids is 1. The molecule has 0 radical (unpaired) electrons. The Morgan fingerprint density at radius 3 is 2.70 bits per heavy atom. The van der Waals surface area contributed by atoms with Crippen LogP contribution in [0, 0.1) is 0 Å². The Labute approximate surface area is 114 Å². The molecule has 1 aromatic heterocycles. The maximum atomic E-state index is 11.9. The number of para-hydroxylation sites is 2. The van der Waals surface area contributed by atoms with Crippen molar-refractivity contribution < 1.29 is 4.79 Å². The number of carbonyl (C=O) groups is 1. The maximum Gasteiger partial charge on any atom is 0.316 e. The largest absolute Gasteiger partial charge is 0.336 e. The van der Waals surface area contributed by atoms with Gasteiger partial charge in [0, 0.05) is 27.2 Å². The van der Waals surface area contributed by atoms with Gasteiger partial charge >= 0.3 is 17.1 Å². The fraction of sp³-hybridized carbons (Fsp3) is 0.308. The number of hydrogen-bond acceptors (Lipinski definition) is 3. The molecule has 2 amide bonds. The van der Waals surface area contributed by atoms with Crippen molar-refractivity contribution in [3.05, 3.63) is 45.0 Å². The van der Waals surface area contributed by atoms with Crippen molar-refractivity contribution in [1.29, 1.82) is 0 Å². The minimum absolute atomic E-state index is 0.239. The number of fused-ring (bicyclic) bond motifs is 1. The second-order valence-corrected chi connectivity index (χ2v) is 4.55. The Morgan fingerprint density at radius 2 is 2.00 bits per heavy atom. The van der Waals surface area contributed by atoms with Crippen LogP contribution in [0.25, 0.3) is 11.0 Å². The van der Waals surface area contributed by atoms with Crippen molar-refractivity contribution in [2.75, 3.05) is 20.6 Å². The first-order chi connectivity index (χ1) is 9.50. The van der Waals surface area contributed by atoms with Gasteiger partial charge < -0.3 is 19.8 Å². The quantitative estimate of drug-likeness (QED) is 0.771. The van der Waals surface area contributed by atoms with E-state index in [9.17, 15) is 14.4 Å². The monoisotopic (exact) mass is 276 g/mol. The van der Waals surface area contributed by atoms with Crippen LogP contribution in [0.4, 0.5) is 4.79 Å². The van der Waals surface area contributed by atoms with E-state index in [0.29, 0.717) is 11.0 Å². The molecule has 0 atom stereocenters. The molecule has 2 aromatic rings. The lowest BCUT2D eigenvalue weighted by atomic mass is 10.3. The number of hydrogen-bond donors (Lipinski definition) is 2. The minimum Gasteiger partial charge on any atom is -0.336 e. The molecule has 0 fully saturated rings.